The minimum absolute atomic E-state index is 0.000198. The molecule has 1 aromatic rings. The van der Waals surface area contributed by atoms with E-state index in [-0.39, 0.29) is 55.8 Å². The summed E-state index contributed by atoms with van der Waals surface area (Å²) in [5.41, 5.74) is -5.84. The number of aliphatic hydroxyl groups is 4. The van der Waals surface area contributed by atoms with Gasteiger partial charge in [0.1, 0.15) is 30.0 Å². The lowest BCUT2D eigenvalue weighted by molar-refractivity contribution is -0.291. The summed E-state index contributed by atoms with van der Waals surface area (Å²) in [7, 11) is 0. The quantitative estimate of drug-likeness (QED) is 0.0867. The Hall–Kier alpha value is -3.69. The molecular formula is C42H61NO13. The Balaban J connectivity index is 1.75. The highest BCUT2D eigenvalue weighted by atomic mass is 16.6. The van der Waals surface area contributed by atoms with Gasteiger partial charge in [-0.15, -0.1) is 0 Å². The zero-order chi connectivity index (χ0) is 41.8. The highest BCUT2D eigenvalue weighted by molar-refractivity contribution is 5.92. The van der Waals surface area contributed by atoms with Crippen molar-refractivity contribution in [1.29, 1.82) is 0 Å². The van der Waals surface area contributed by atoms with E-state index in [9.17, 15) is 44.4 Å². The van der Waals surface area contributed by atoms with E-state index in [4.69, 9.17) is 18.9 Å². The average molecular weight is 788 g/mol. The van der Waals surface area contributed by atoms with Crippen molar-refractivity contribution in [2.75, 3.05) is 6.61 Å². The molecule has 5 N–H and O–H groups in total. The minimum Gasteiger partial charge on any atom is -0.460 e. The topological polar surface area (TPSA) is 215 Å². The van der Waals surface area contributed by atoms with Gasteiger partial charge in [0, 0.05) is 44.4 Å². The van der Waals surface area contributed by atoms with E-state index in [2.05, 4.69) is 5.32 Å². The van der Waals surface area contributed by atoms with E-state index >= 15 is 0 Å². The monoisotopic (exact) mass is 787 g/mol. The van der Waals surface area contributed by atoms with Crippen LogP contribution in [0, 0.1) is 10.8 Å². The lowest BCUT2D eigenvalue weighted by Crippen LogP contribution is -2.70. The maximum absolute atomic E-state index is 14.6. The van der Waals surface area contributed by atoms with Crippen molar-refractivity contribution in [2.24, 2.45) is 10.8 Å². The molecule has 14 nitrogen and oxygen atoms in total. The van der Waals surface area contributed by atoms with Crippen LogP contribution in [0.2, 0.25) is 0 Å². The molecule has 0 spiro atoms. The van der Waals surface area contributed by atoms with E-state index in [0.717, 1.165) is 12.8 Å². The molecule has 1 unspecified atom stereocenters. The van der Waals surface area contributed by atoms with Gasteiger partial charge in [-0.25, -0.2) is 4.79 Å². The fraction of sp³-hybridized carbons (Fsp3) is 0.690. The predicted octanol–water partition coefficient (Wildman–Crippen LogP) is 3.70. The Bertz CT molecular complexity index is 1640. The summed E-state index contributed by atoms with van der Waals surface area (Å²) in [6.07, 6.45) is -6.17. The standard InChI is InChI=1S/C42H61NO13/c1-9-11-18-31(46)43-34(27-16-14-13-15-17-27)36(49)38(51)55-28-21-42(52,25(4)54-32(47)19-12-10-2)39(6,7)33(24(28)3)35(48)37(50)40(8)22-41(56-26(5)44)23-53-30(41)20-29(40)45/h13-17,25,28-30,34-36,45,48-49,52H,9-12,18-23H2,1-8H3,(H,43,46)/t25-,28?,29-,30+,34-,35+,36+,40-,41-,42+/m0/s1. The van der Waals surface area contributed by atoms with Crippen LogP contribution in [0.4, 0.5) is 0 Å². The number of hydrogen-bond donors (Lipinski definition) is 5. The Kier molecular flexibility index (Phi) is 14.3. The van der Waals surface area contributed by atoms with Crippen molar-refractivity contribution >= 4 is 29.6 Å². The van der Waals surface area contributed by atoms with Crippen molar-refractivity contribution in [2.45, 2.75) is 167 Å². The number of amides is 1. The second kappa shape index (κ2) is 17.8. The number of carbonyl (C=O) groups is 5. The predicted molar refractivity (Wildman–Crippen MR) is 202 cm³/mol. The van der Waals surface area contributed by atoms with Gasteiger partial charge in [0.15, 0.2) is 17.5 Å². The van der Waals surface area contributed by atoms with Gasteiger partial charge in [-0.3, -0.25) is 19.2 Å². The summed E-state index contributed by atoms with van der Waals surface area (Å²) in [4.78, 5) is 66.4. The molecule has 0 radical (unpaired) electrons. The lowest BCUT2D eigenvalue weighted by Gasteiger charge is -2.57. The normalized spacial score (nSPS) is 30.4. The molecule has 4 rings (SSSR count). The summed E-state index contributed by atoms with van der Waals surface area (Å²) in [5.74, 6) is -3.53. The molecule has 1 aliphatic heterocycles. The number of carbonyl (C=O) groups excluding carboxylic acids is 5. The molecule has 1 saturated heterocycles. The molecule has 3 aliphatic rings. The fourth-order valence-electron chi connectivity index (χ4n) is 8.71. The Morgan fingerprint density at radius 2 is 1.62 bits per heavy atom. The number of ether oxygens (including phenoxy) is 4. The van der Waals surface area contributed by atoms with E-state index < -0.39 is 88.4 Å². The first-order valence-electron chi connectivity index (χ1n) is 19.8. The number of nitrogens with one attached hydrogen (secondary N) is 1. The van der Waals surface area contributed by atoms with Crippen LogP contribution >= 0.6 is 0 Å². The number of benzene rings is 1. The molecule has 56 heavy (non-hydrogen) atoms. The van der Waals surface area contributed by atoms with Crippen LogP contribution in [0.1, 0.15) is 125 Å². The lowest BCUT2D eigenvalue weighted by atomic mass is 9.55. The number of rotatable bonds is 17. The first kappa shape index (κ1) is 45.0. The summed E-state index contributed by atoms with van der Waals surface area (Å²) in [5, 5.41) is 50.4. The van der Waals surface area contributed by atoms with E-state index in [1.165, 1.54) is 27.7 Å². The van der Waals surface area contributed by atoms with Crippen LogP contribution in [-0.2, 0) is 42.9 Å². The molecule has 1 heterocycles. The SMILES string of the molecule is CCCCC(=O)N[C@@H](c1ccccc1)[C@@H](O)C(=O)OC1C[C@@](O)([C@H](C)OC(=O)CCCC)C(C)(C)C([C@@H](O)C(=O)[C@@]2(C)C[C@]3(OC(C)=O)CO[C@@H]3C[C@@H]2O)=C1C. The molecule has 2 fully saturated rings. The summed E-state index contributed by atoms with van der Waals surface area (Å²) in [6.45, 7) is 12.7. The van der Waals surface area contributed by atoms with Gasteiger partial charge < -0.3 is 44.7 Å². The molecule has 1 amide bonds. The first-order valence-corrected chi connectivity index (χ1v) is 19.8. The molecule has 14 heteroatoms. The fourth-order valence-corrected chi connectivity index (χ4v) is 8.71. The highest BCUT2D eigenvalue weighted by Crippen LogP contribution is 2.55. The largest absolute Gasteiger partial charge is 0.460 e. The van der Waals surface area contributed by atoms with Crippen molar-refractivity contribution in [3.05, 3.63) is 47.0 Å². The van der Waals surface area contributed by atoms with Gasteiger partial charge in [-0.05, 0) is 50.3 Å². The molecule has 10 atom stereocenters. The number of ketones is 1. The summed E-state index contributed by atoms with van der Waals surface area (Å²) in [6, 6.07) is 7.23. The highest BCUT2D eigenvalue weighted by Gasteiger charge is 2.65. The van der Waals surface area contributed by atoms with Crippen LogP contribution in [0.15, 0.2) is 41.5 Å². The van der Waals surface area contributed by atoms with Crippen molar-refractivity contribution in [3.63, 3.8) is 0 Å². The Labute approximate surface area is 329 Å². The van der Waals surface area contributed by atoms with Crippen molar-refractivity contribution < 1.29 is 63.3 Å². The van der Waals surface area contributed by atoms with E-state index in [1.54, 1.807) is 44.2 Å². The summed E-state index contributed by atoms with van der Waals surface area (Å²) < 4.78 is 22.9. The molecule has 0 bridgehead atoms. The van der Waals surface area contributed by atoms with Crippen LogP contribution in [-0.4, -0.2) is 104 Å². The number of hydrogen-bond acceptors (Lipinski definition) is 13. The zero-order valence-electron chi connectivity index (χ0n) is 34.0. The second-order valence-electron chi connectivity index (χ2n) is 16.6. The molecule has 1 saturated carbocycles. The smallest absolute Gasteiger partial charge is 0.338 e. The molecule has 1 aromatic carbocycles. The van der Waals surface area contributed by atoms with Gasteiger partial charge in [0.05, 0.1) is 24.2 Å². The van der Waals surface area contributed by atoms with Gasteiger partial charge in [-0.2, -0.15) is 0 Å². The van der Waals surface area contributed by atoms with Crippen LogP contribution in [0.5, 0.6) is 0 Å². The zero-order valence-corrected chi connectivity index (χ0v) is 34.0. The summed E-state index contributed by atoms with van der Waals surface area (Å²) >= 11 is 0. The number of esters is 3. The third-order valence-corrected chi connectivity index (χ3v) is 12.3. The van der Waals surface area contributed by atoms with Crippen molar-refractivity contribution in [1.82, 2.24) is 5.32 Å². The number of unbranched alkanes of at least 4 members (excludes halogenated alkanes) is 2. The maximum atomic E-state index is 14.6. The van der Waals surface area contributed by atoms with Gasteiger partial charge in [0.25, 0.3) is 0 Å². The second-order valence-corrected chi connectivity index (χ2v) is 16.6. The van der Waals surface area contributed by atoms with Crippen LogP contribution < -0.4 is 5.32 Å². The number of aliphatic hydroxyl groups excluding tert-OH is 3. The third kappa shape index (κ3) is 8.89. The van der Waals surface area contributed by atoms with Gasteiger partial charge >= 0.3 is 17.9 Å². The van der Waals surface area contributed by atoms with Gasteiger partial charge in [-0.1, -0.05) is 70.9 Å². The number of Topliss-reactive ketones (excluding diaryl/α,β-unsaturated/α-hetero) is 1. The Morgan fingerprint density at radius 3 is 2.20 bits per heavy atom. The first-order chi connectivity index (χ1) is 26.2. The molecule has 312 valence electrons. The number of fused-ring (bicyclic) bond motifs is 1. The molecule has 2 aliphatic carbocycles. The van der Waals surface area contributed by atoms with Gasteiger partial charge in [0.2, 0.25) is 5.91 Å². The Morgan fingerprint density at radius 1 is 1.00 bits per heavy atom. The van der Waals surface area contributed by atoms with E-state index in [0.29, 0.717) is 18.4 Å². The molecular weight excluding hydrogens is 726 g/mol. The van der Waals surface area contributed by atoms with E-state index in [1.807, 2.05) is 13.8 Å². The maximum Gasteiger partial charge on any atom is 0.338 e. The third-order valence-electron chi connectivity index (χ3n) is 12.3. The average Bonchev–Trinajstić information content (AvgIpc) is 3.14. The minimum atomic E-state index is -2.06. The van der Waals surface area contributed by atoms with Crippen LogP contribution in [0.3, 0.4) is 0 Å². The van der Waals surface area contributed by atoms with Crippen LogP contribution in [0.25, 0.3) is 0 Å². The van der Waals surface area contributed by atoms with Crippen molar-refractivity contribution in [3.8, 4) is 0 Å². The molecule has 0 aromatic heterocycles.